The van der Waals surface area contributed by atoms with Gasteiger partial charge in [-0.2, -0.15) is 8.42 Å². The Labute approximate surface area is 196 Å². The van der Waals surface area contributed by atoms with Gasteiger partial charge in [0.2, 0.25) is 0 Å². The molecular weight excluding hydrogens is 423 g/mol. The SMILES string of the molecule is C=C(C)C(=O)OCC(CCCCCC)(COC(=O)C(=C)C)C(=O)OCCS(=O)(=O)O.[LiH]. The van der Waals surface area contributed by atoms with Crippen LogP contribution in [0.25, 0.3) is 0 Å². The van der Waals surface area contributed by atoms with Crippen molar-refractivity contribution in [3.63, 3.8) is 0 Å². The monoisotopic (exact) mass is 456 g/mol. The van der Waals surface area contributed by atoms with Gasteiger partial charge in [0.05, 0.1) is 0 Å². The number of rotatable bonds is 15. The van der Waals surface area contributed by atoms with Crippen LogP contribution in [0.3, 0.4) is 0 Å². The normalized spacial score (nSPS) is 11.1. The average Bonchev–Trinajstić information content (AvgIpc) is 2.64. The van der Waals surface area contributed by atoms with Gasteiger partial charge >= 0.3 is 36.8 Å². The molecule has 0 unspecified atom stereocenters. The molecular formula is C20H33LiO9S. The van der Waals surface area contributed by atoms with E-state index in [1.807, 2.05) is 6.92 Å². The van der Waals surface area contributed by atoms with Crippen molar-refractivity contribution in [2.24, 2.45) is 5.41 Å². The standard InChI is InChI=1S/C20H32O9S.Li.H/c1-6-7-8-9-10-20(13-28-17(21)15(2)3,14-29-18(22)16(4)5)19(23)27-11-12-30(24,25)26;;/h2,4,6-14H2,1,3,5H3,(H,24,25,26);;. The molecule has 1 N–H and O–H groups in total. The maximum atomic E-state index is 12.9. The third-order valence-corrected chi connectivity index (χ3v) is 4.85. The summed E-state index contributed by atoms with van der Waals surface area (Å²) >= 11 is 0. The molecule has 0 aromatic carbocycles. The van der Waals surface area contributed by atoms with Crippen LogP contribution < -0.4 is 0 Å². The van der Waals surface area contributed by atoms with Crippen molar-refractivity contribution >= 4 is 46.9 Å². The summed E-state index contributed by atoms with van der Waals surface area (Å²) in [5.74, 6) is -3.15. The third-order valence-electron chi connectivity index (χ3n) is 4.17. The van der Waals surface area contributed by atoms with E-state index in [1.54, 1.807) is 0 Å². The molecule has 0 spiro atoms. The van der Waals surface area contributed by atoms with Crippen LogP contribution in [-0.4, -0.2) is 75.3 Å². The molecule has 0 radical (unpaired) electrons. The number of ether oxygens (including phenoxy) is 3. The quantitative estimate of drug-likeness (QED) is 0.0980. The molecule has 0 bridgehead atoms. The summed E-state index contributed by atoms with van der Waals surface area (Å²) < 4.78 is 46.0. The fraction of sp³-hybridized carbons (Fsp3) is 0.650. The number of carbonyl (C=O) groups excluding carboxylic acids is 3. The van der Waals surface area contributed by atoms with Crippen molar-refractivity contribution < 1.29 is 41.6 Å². The van der Waals surface area contributed by atoms with Gasteiger partial charge in [0.25, 0.3) is 10.1 Å². The molecule has 174 valence electrons. The second kappa shape index (κ2) is 15.2. The van der Waals surface area contributed by atoms with Gasteiger partial charge < -0.3 is 14.2 Å². The maximum absolute atomic E-state index is 12.9. The summed E-state index contributed by atoms with van der Waals surface area (Å²) in [5.41, 5.74) is -1.30. The molecule has 0 aliphatic carbocycles. The van der Waals surface area contributed by atoms with Gasteiger partial charge in [0.15, 0.2) is 0 Å². The molecule has 0 aromatic heterocycles. The summed E-state index contributed by atoms with van der Waals surface area (Å²) in [4.78, 5) is 36.6. The molecule has 0 saturated carbocycles. The zero-order valence-corrected chi connectivity index (χ0v) is 18.7. The second-order valence-corrected chi connectivity index (χ2v) is 8.80. The molecule has 0 aromatic rings. The Morgan fingerprint density at radius 2 is 1.39 bits per heavy atom. The predicted molar refractivity (Wildman–Crippen MR) is 117 cm³/mol. The van der Waals surface area contributed by atoms with Crippen molar-refractivity contribution in [3.05, 3.63) is 24.3 Å². The number of hydrogen-bond donors (Lipinski definition) is 1. The molecule has 11 heteroatoms. The molecule has 0 saturated heterocycles. The third kappa shape index (κ3) is 13.4. The Kier molecular flexibility index (Phi) is 15.5. The topological polar surface area (TPSA) is 133 Å². The second-order valence-electron chi connectivity index (χ2n) is 7.23. The Balaban J connectivity index is 0. The molecule has 9 nitrogen and oxygen atoms in total. The molecule has 0 rings (SSSR count). The van der Waals surface area contributed by atoms with E-state index in [-0.39, 0.29) is 36.4 Å². The van der Waals surface area contributed by atoms with Crippen molar-refractivity contribution in [3.8, 4) is 0 Å². The van der Waals surface area contributed by atoms with Gasteiger partial charge in [-0.1, -0.05) is 45.8 Å². The fourth-order valence-electron chi connectivity index (χ4n) is 2.34. The first-order valence-electron chi connectivity index (χ1n) is 9.62. The van der Waals surface area contributed by atoms with E-state index in [4.69, 9.17) is 18.8 Å². The number of carbonyl (C=O) groups is 3. The first-order chi connectivity index (χ1) is 13.8. The zero-order chi connectivity index (χ0) is 23.4. The molecule has 0 aliphatic rings. The molecule has 31 heavy (non-hydrogen) atoms. The summed E-state index contributed by atoms with van der Waals surface area (Å²) in [7, 11) is -4.33. The van der Waals surface area contributed by atoms with E-state index in [2.05, 4.69) is 13.2 Å². The first kappa shape index (κ1) is 31.6. The minimum absolute atomic E-state index is 0. The minimum atomic E-state index is -4.33. The Morgan fingerprint density at radius 3 is 1.77 bits per heavy atom. The Hall–Kier alpha value is -1.60. The van der Waals surface area contributed by atoms with Crippen LogP contribution in [0.4, 0.5) is 0 Å². The molecule has 0 amide bonds. The fourth-order valence-corrected chi connectivity index (χ4v) is 2.64. The summed E-state index contributed by atoms with van der Waals surface area (Å²) in [6.45, 7) is 10.4. The number of esters is 3. The van der Waals surface area contributed by atoms with Crippen molar-refractivity contribution in [1.29, 1.82) is 0 Å². The van der Waals surface area contributed by atoms with Gasteiger partial charge in [-0.3, -0.25) is 9.35 Å². The van der Waals surface area contributed by atoms with E-state index < -0.39 is 59.0 Å². The van der Waals surface area contributed by atoms with Crippen LogP contribution in [-0.2, 0) is 38.7 Å². The molecule has 0 aliphatic heterocycles. The Morgan fingerprint density at radius 1 is 0.903 bits per heavy atom. The van der Waals surface area contributed by atoms with Crippen molar-refractivity contribution in [1.82, 2.24) is 0 Å². The molecule has 0 fully saturated rings. The van der Waals surface area contributed by atoms with E-state index in [1.165, 1.54) is 13.8 Å². The van der Waals surface area contributed by atoms with Crippen molar-refractivity contribution in [2.75, 3.05) is 25.6 Å². The van der Waals surface area contributed by atoms with Crippen LogP contribution in [0.5, 0.6) is 0 Å². The van der Waals surface area contributed by atoms with Crippen LogP contribution in [0.1, 0.15) is 52.9 Å². The zero-order valence-electron chi connectivity index (χ0n) is 17.9. The van der Waals surface area contributed by atoms with Crippen LogP contribution in [0.2, 0.25) is 0 Å². The summed E-state index contributed by atoms with van der Waals surface area (Å²) in [5, 5.41) is 0. The van der Waals surface area contributed by atoms with Gasteiger partial charge in [-0.15, -0.1) is 0 Å². The number of hydrogen-bond acceptors (Lipinski definition) is 8. The number of unbranched alkanes of at least 4 members (excludes halogenated alkanes) is 3. The van der Waals surface area contributed by atoms with Gasteiger partial charge in [0.1, 0.15) is 31.0 Å². The molecule has 0 atom stereocenters. The van der Waals surface area contributed by atoms with Crippen molar-refractivity contribution in [2.45, 2.75) is 52.9 Å². The van der Waals surface area contributed by atoms with E-state index in [0.717, 1.165) is 19.3 Å². The van der Waals surface area contributed by atoms with Crippen LogP contribution in [0.15, 0.2) is 24.3 Å². The van der Waals surface area contributed by atoms with E-state index in [9.17, 15) is 22.8 Å². The Bertz CT molecular complexity index is 714. The average molecular weight is 456 g/mol. The van der Waals surface area contributed by atoms with Gasteiger partial charge in [-0.25, -0.2) is 9.59 Å². The summed E-state index contributed by atoms with van der Waals surface area (Å²) in [6.07, 6.45) is 3.35. The van der Waals surface area contributed by atoms with Crippen LogP contribution in [0, 0.1) is 5.41 Å². The summed E-state index contributed by atoms with van der Waals surface area (Å²) in [6, 6.07) is 0. The van der Waals surface area contributed by atoms with E-state index in [0.29, 0.717) is 6.42 Å². The van der Waals surface area contributed by atoms with E-state index >= 15 is 0 Å². The van der Waals surface area contributed by atoms with Gasteiger partial charge in [0, 0.05) is 11.1 Å². The van der Waals surface area contributed by atoms with Gasteiger partial charge in [-0.05, 0) is 20.3 Å². The predicted octanol–water partition coefficient (Wildman–Crippen LogP) is 1.96. The van der Waals surface area contributed by atoms with Crippen LogP contribution >= 0.6 is 0 Å². The molecule has 0 heterocycles. The first-order valence-corrected chi connectivity index (χ1v) is 11.2.